The number of hydrogen-bond acceptors (Lipinski definition) is 4. The van der Waals surface area contributed by atoms with Gasteiger partial charge in [-0.25, -0.2) is 0 Å². The van der Waals surface area contributed by atoms with Gasteiger partial charge in [0.25, 0.3) is 5.91 Å². The molecule has 2 aromatic rings. The van der Waals surface area contributed by atoms with Crippen LogP contribution in [0.25, 0.3) is 0 Å². The van der Waals surface area contributed by atoms with E-state index in [4.69, 9.17) is 4.74 Å². The molecule has 1 aliphatic rings. The van der Waals surface area contributed by atoms with Crippen molar-refractivity contribution in [2.24, 2.45) is 5.92 Å². The third-order valence-corrected chi connectivity index (χ3v) is 5.72. The molecule has 3 rings (SSSR count). The van der Waals surface area contributed by atoms with Crippen LogP contribution in [0.3, 0.4) is 0 Å². The van der Waals surface area contributed by atoms with E-state index in [-0.39, 0.29) is 18.9 Å². The fraction of sp³-hybridized carbons (Fsp3) is 0.286. The lowest BCUT2D eigenvalue weighted by Crippen LogP contribution is -2.46. The van der Waals surface area contributed by atoms with Gasteiger partial charge < -0.3 is 9.64 Å². The van der Waals surface area contributed by atoms with Crippen LogP contribution in [-0.2, 0) is 20.9 Å². The summed E-state index contributed by atoms with van der Waals surface area (Å²) in [4.78, 5) is 38.3. The highest BCUT2D eigenvalue weighted by Gasteiger charge is 2.34. The lowest BCUT2D eigenvalue weighted by molar-refractivity contribution is -0.132. The topological polar surface area (TPSA) is 87.7 Å². The molecule has 30 heavy (non-hydrogen) atoms. The number of halogens is 2. The zero-order valence-electron chi connectivity index (χ0n) is 16.3. The molecule has 0 spiro atoms. The van der Waals surface area contributed by atoms with Crippen molar-refractivity contribution >= 4 is 49.6 Å². The van der Waals surface area contributed by atoms with Gasteiger partial charge in [0.2, 0.25) is 11.8 Å². The lowest BCUT2D eigenvalue weighted by atomic mass is 10.1. The lowest BCUT2D eigenvalue weighted by Gasteiger charge is -2.17. The summed E-state index contributed by atoms with van der Waals surface area (Å²) in [6, 6.07) is 13.3. The second-order valence-corrected chi connectivity index (χ2v) is 8.79. The molecule has 158 valence electrons. The molecule has 0 aromatic heterocycles. The molecule has 7 nitrogen and oxygen atoms in total. The molecular weight excluding hydrogens is 518 g/mol. The second-order valence-electron chi connectivity index (χ2n) is 7.02. The summed E-state index contributed by atoms with van der Waals surface area (Å²) in [6.45, 7) is 2.38. The van der Waals surface area contributed by atoms with Crippen LogP contribution in [0.5, 0.6) is 5.75 Å². The van der Waals surface area contributed by atoms with E-state index in [9.17, 15) is 14.4 Å². The predicted molar refractivity (Wildman–Crippen MR) is 118 cm³/mol. The third kappa shape index (κ3) is 5.82. The van der Waals surface area contributed by atoms with Gasteiger partial charge >= 0.3 is 0 Å². The highest BCUT2D eigenvalue weighted by Crippen LogP contribution is 2.32. The number of benzene rings is 2. The Bertz CT molecular complexity index is 930. The maximum atomic E-state index is 12.4. The summed E-state index contributed by atoms with van der Waals surface area (Å²) < 4.78 is 7.16. The van der Waals surface area contributed by atoms with Crippen LogP contribution >= 0.6 is 31.9 Å². The number of ether oxygens (including phenoxy) is 1. The van der Waals surface area contributed by atoms with E-state index < -0.39 is 17.7 Å². The molecule has 0 bridgehead atoms. The van der Waals surface area contributed by atoms with Gasteiger partial charge in [-0.2, -0.15) is 0 Å². The number of nitrogens with one attached hydrogen (secondary N) is 2. The first-order chi connectivity index (χ1) is 14.3. The molecule has 0 aliphatic carbocycles. The van der Waals surface area contributed by atoms with Gasteiger partial charge in [0.15, 0.2) is 6.61 Å². The van der Waals surface area contributed by atoms with Crippen molar-refractivity contribution in [3.63, 3.8) is 0 Å². The third-order valence-electron chi connectivity index (χ3n) is 4.67. The van der Waals surface area contributed by atoms with Crippen LogP contribution < -0.4 is 15.6 Å². The van der Waals surface area contributed by atoms with E-state index in [1.54, 1.807) is 4.90 Å². The molecule has 1 saturated heterocycles. The van der Waals surface area contributed by atoms with Crippen LogP contribution in [0, 0.1) is 12.8 Å². The Balaban J connectivity index is 1.45. The Hall–Kier alpha value is -2.39. The first-order valence-electron chi connectivity index (χ1n) is 9.32. The number of nitrogens with zero attached hydrogens (tertiary/aromatic N) is 1. The highest BCUT2D eigenvalue weighted by atomic mass is 79.9. The number of amides is 3. The number of hydrazine groups is 1. The zero-order valence-corrected chi connectivity index (χ0v) is 19.5. The Labute approximate surface area is 191 Å². The molecular formula is C21H21Br2N3O4. The van der Waals surface area contributed by atoms with Gasteiger partial charge in [0, 0.05) is 24.0 Å². The van der Waals surface area contributed by atoms with E-state index in [1.165, 1.54) is 0 Å². The van der Waals surface area contributed by atoms with E-state index in [0.717, 1.165) is 15.6 Å². The van der Waals surface area contributed by atoms with Crippen LogP contribution in [0.1, 0.15) is 17.5 Å². The minimum absolute atomic E-state index is 0.0794. The van der Waals surface area contributed by atoms with Crippen molar-refractivity contribution in [1.82, 2.24) is 15.8 Å². The number of carbonyl (C=O) groups excluding carboxylic acids is 3. The van der Waals surface area contributed by atoms with Crippen LogP contribution in [0.2, 0.25) is 0 Å². The quantitative estimate of drug-likeness (QED) is 0.553. The number of carbonyl (C=O) groups is 3. The first kappa shape index (κ1) is 22.3. The highest BCUT2D eigenvalue weighted by molar-refractivity contribution is 9.11. The molecule has 3 amide bonds. The monoisotopic (exact) mass is 537 g/mol. The molecule has 1 heterocycles. The predicted octanol–water partition coefficient (Wildman–Crippen LogP) is 3.09. The van der Waals surface area contributed by atoms with Crippen molar-refractivity contribution in [2.45, 2.75) is 19.9 Å². The van der Waals surface area contributed by atoms with Crippen molar-refractivity contribution in [2.75, 3.05) is 13.2 Å². The molecule has 1 atom stereocenters. The number of hydrogen-bond donors (Lipinski definition) is 2. The summed E-state index contributed by atoms with van der Waals surface area (Å²) in [7, 11) is 0. The number of aryl methyl sites for hydroxylation is 1. The Kier molecular flexibility index (Phi) is 7.49. The normalized spacial score (nSPS) is 15.8. The maximum absolute atomic E-state index is 12.4. The Morgan fingerprint density at radius 3 is 2.60 bits per heavy atom. The van der Waals surface area contributed by atoms with Crippen molar-refractivity contribution in [3.05, 3.63) is 62.5 Å². The fourth-order valence-corrected chi connectivity index (χ4v) is 4.74. The van der Waals surface area contributed by atoms with Crippen molar-refractivity contribution in [3.8, 4) is 5.75 Å². The molecule has 0 radical (unpaired) electrons. The Morgan fingerprint density at radius 2 is 1.90 bits per heavy atom. The second kappa shape index (κ2) is 10.1. The van der Waals surface area contributed by atoms with Gasteiger partial charge in [0.05, 0.1) is 10.4 Å². The van der Waals surface area contributed by atoms with Crippen molar-refractivity contribution in [1.29, 1.82) is 0 Å². The average molecular weight is 539 g/mol. The van der Waals surface area contributed by atoms with Gasteiger partial charge in [-0.15, -0.1) is 0 Å². The van der Waals surface area contributed by atoms with Crippen molar-refractivity contribution < 1.29 is 19.1 Å². The summed E-state index contributed by atoms with van der Waals surface area (Å²) in [5.41, 5.74) is 6.59. The van der Waals surface area contributed by atoms with Crippen LogP contribution in [0.4, 0.5) is 0 Å². The molecule has 2 aromatic carbocycles. The van der Waals surface area contributed by atoms with E-state index in [2.05, 4.69) is 42.7 Å². The van der Waals surface area contributed by atoms with E-state index in [1.807, 2.05) is 49.4 Å². The maximum Gasteiger partial charge on any atom is 0.276 e. The minimum atomic E-state index is -0.509. The van der Waals surface area contributed by atoms with E-state index >= 15 is 0 Å². The number of likely N-dealkylation sites (tertiary alicyclic amines) is 1. The van der Waals surface area contributed by atoms with E-state index in [0.29, 0.717) is 23.3 Å². The Morgan fingerprint density at radius 1 is 1.17 bits per heavy atom. The van der Waals surface area contributed by atoms with Crippen LogP contribution in [0.15, 0.2) is 51.4 Å². The zero-order chi connectivity index (χ0) is 21.7. The molecule has 1 unspecified atom stereocenters. The van der Waals surface area contributed by atoms with Gasteiger partial charge in [-0.3, -0.25) is 25.2 Å². The van der Waals surface area contributed by atoms with Gasteiger partial charge in [-0.05, 0) is 46.1 Å². The molecule has 2 N–H and O–H groups in total. The fourth-order valence-electron chi connectivity index (χ4n) is 3.18. The number of rotatable bonds is 6. The molecule has 1 aliphatic heterocycles. The summed E-state index contributed by atoms with van der Waals surface area (Å²) in [5.74, 6) is -0.927. The first-order valence-corrected chi connectivity index (χ1v) is 10.9. The molecule has 9 heteroatoms. The SMILES string of the molecule is Cc1cc(Br)cc(Br)c1OCC(=O)NNC(=O)C1CC(=O)N(Cc2ccccc2)C1. The molecule has 0 saturated carbocycles. The molecule has 1 fully saturated rings. The minimum Gasteiger partial charge on any atom is -0.482 e. The van der Waals surface area contributed by atoms with Crippen LogP contribution in [-0.4, -0.2) is 35.8 Å². The summed E-state index contributed by atoms with van der Waals surface area (Å²) >= 11 is 6.78. The summed E-state index contributed by atoms with van der Waals surface area (Å²) in [5, 5.41) is 0. The van der Waals surface area contributed by atoms with Gasteiger partial charge in [0.1, 0.15) is 5.75 Å². The average Bonchev–Trinajstić information content (AvgIpc) is 3.06. The smallest absolute Gasteiger partial charge is 0.276 e. The summed E-state index contributed by atoms with van der Waals surface area (Å²) in [6.07, 6.45) is 0.121. The standard InChI is InChI=1S/C21H21Br2N3O4/c1-13-7-16(22)9-17(23)20(13)30-12-18(27)24-25-21(29)15-8-19(28)26(11-15)10-14-5-3-2-4-6-14/h2-7,9,15H,8,10-12H2,1H3,(H,24,27)(H,25,29). The largest absolute Gasteiger partial charge is 0.482 e. The van der Waals surface area contributed by atoms with Gasteiger partial charge in [-0.1, -0.05) is 46.3 Å².